The second-order valence-corrected chi connectivity index (χ2v) is 7.73. The summed E-state index contributed by atoms with van der Waals surface area (Å²) >= 11 is 0. The lowest BCUT2D eigenvalue weighted by Crippen LogP contribution is -2.49. The minimum absolute atomic E-state index is 0.206. The quantitative estimate of drug-likeness (QED) is 0.551. The monoisotopic (exact) mass is 397 g/mol. The molecule has 2 aromatic heterocycles. The number of aromatic nitrogens is 3. The predicted molar refractivity (Wildman–Crippen MR) is 114 cm³/mol. The molecule has 156 valence electrons. The molecule has 0 aliphatic heterocycles. The zero-order valence-electron chi connectivity index (χ0n) is 17.6. The second-order valence-electron chi connectivity index (χ2n) is 7.73. The molecule has 8 nitrogen and oxygen atoms in total. The molecule has 0 radical (unpaired) electrons. The summed E-state index contributed by atoms with van der Waals surface area (Å²) in [4.78, 5) is 27.7. The van der Waals surface area contributed by atoms with E-state index in [1.54, 1.807) is 17.4 Å². The van der Waals surface area contributed by atoms with Crippen LogP contribution in [0.15, 0.2) is 42.0 Å². The van der Waals surface area contributed by atoms with Crippen LogP contribution in [0.25, 0.3) is 5.82 Å². The van der Waals surface area contributed by atoms with Gasteiger partial charge in [-0.15, -0.1) is 0 Å². The van der Waals surface area contributed by atoms with Gasteiger partial charge in [0.2, 0.25) is 5.91 Å². The van der Waals surface area contributed by atoms with Crippen LogP contribution < -0.4 is 10.6 Å². The molecule has 2 heterocycles. The summed E-state index contributed by atoms with van der Waals surface area (Å²) in [5.41, 5.74) is 0.694. The Hall–Kier alpha value is -2.90. The minimum Gasteiger partial charge on any atom is -0.357 e. The molecule has 0 spiro atoms. The van der Waals surface area contributed by atoms with E-state index in [-0.39, 0.29) is 11.3 Å². The van der Waals surface area contributed by atoms with E-state index in [4.69, 9.17) is 0 Å². The molecule has 1 saturated carbocycles. The van der Waals surface area contributed by atoms with Crippen LogP contribution in [0.1, 0.15) is 38.2 Å². The number of guanidine groups is 1. The van der Waals surface area contributed by atoms with Crippen molar-refractivity contribution >= 4 is 11.9 Å². The van der Waals surface area contributed by atoms with E-state index in [0.717, 1.165) is 49.6 Å². The smallest absolute Gasteiger partial charge is 0.230 e. The Kier molecular flexibility index (Phi) is 6.85. The summed E-state index contributed by atoms with van der Waals surface area (Å²) in [6, 6.07) is 3.97. The van der Waals surface area contributed by atoms with Crippen LogP contribution in [0.5, 0.6) is 0 Å². The predicted octanol–water partition coefficient (Wildman–Crippen LogP) is 1.97. The van der Waals surface area contributed by atoms with Gasteiger partial charge in [-0.2, -0.15) is 0 Å². The number of hydrogen-bond donors (Lipinski definition) is 2. The molecule has 1 aliphatic rings. The normalized spacial score (nSPS) is 15.9. The van der Waals surface area contributed by atoms with Crippen LogP contribution in [0.4, 0.5) is 0 Å². The number of carbonyl (C=O) groups excluding carboxylic acids is 1. The standard InChI is InChI=1S/C21H31N7O/c1-4-23-20(26-15-21(9-5-6-10-21)19(29)27(2)3)25-14-17-7-8-18(24-13-17)28-12-11-22-16-28/h7-8,11-13,16H,4-6,9-10,14-15H2,1-3H3,(H2,23,25,26). The van der Waals surface area contributed by atoms with E-state index < -0.39 is 0 Å². The van der Waals surface area contributed by atoms with Crippen molar-refractivity contribution in [3.63, 3.8) is 0 Å². The van der Waals surface area contributed by atoms with Gasteiger partial charge in [0.15, 0.2) is 5.96 Å². The summed E-state index contributed by atoms with van der Waals surface area (Å²) in [7, 11) is 3.67. The van der Waals surface area contributed by atoms with Crippen molar-refractivity contribution < 1.29 is 4.79 Å². The van der Waals surface area contributed by atoms with E-state index in [9.17, 15) is 4.79 Å². The highest BCUT2D eigenvalue weighted by atomic mass is 16.2. The SMILES string of the molecule is CCNC(=NCc1ccc(-n2ccnc2)nc1)NCC1(C(=O)N(C)C)CCCC1. The maximum absolute atomic E-state index is 12.8. The lowest BCUT2D eigenvalue weighted by molar-refractivity contribution is -0.138. The lowest BCUT2D eigenvalue weighted by Gasteiger charge is -2.31. The van der Waals surface area contributed by atoms with Gasteiger partial charge < -0.3 is 15.5 Å². The van der Waals surface area contributed by atoms with Gasteiger partial charge in [0, 0.05) is 45.8 Å². The molecule has 1 amide bonds. The van der Waals surface area contributed by atoms with Gasteiger partial charge in [0.1, 0.15) is 12.1 Å². The van der Waals surface area contributed by atoms with Crippen LogP contribution in [-0.2, 0) is 11.3 Å². The molecule has 2 aromatic rings. The third kappa shape index (κ3) is 5.13. The number of amides is 1. The van der Waals surface area contributed by atoms with Gasteiger partial charge in [0.05, 0.1) is 12.0 Å². The topological polar surface area (TPSA) is 87.4 Å². The molecule has 0 aromatic carbocycles. The Bertz CT molecular complexity index is 806. The first-order chi connectivity index (χ1) is 14.0. The minimum atomic E-state index is -0.326. The van der Waals surface area contributed by atoms with Crippen molar-refractivity contribution in [2.24, 2.45) is 10.4 Å². The Morgan fingerprint density at radius 2 is 2.07 bits per heavy atom. The molecule has 1 aliphatic carbocycles. The first-order valence-electron chi connectivity index (χ1n) is 10.2. The average molecular weight is 398 g/mol. The molecule has 0 saturated heterocycles. The molecule has 2 N–H and O–H groups in total. The molecule has 3 rings (SSSR count). The van der Waals surface area contributed by atoms with Crippen molar-refractivity contribution in [3.05, 3.63) is 42.6 Å². The number of carbonyl (C=O) groups is 1. The number of rotatable bonds is 7. The van der Waals surface area contributed by atoms with E-state index in [1.165, 1.54) is 0 Å². The van der Waals surface area contributed by atoms with Crippen molar-refractivity contribution in [2.45, 2.75) is 39.2 Å². The molecular formula is C21H31N7O. The molecule has 1 fully saturated rings. The fourth-order valence-electron chi connectivity index (χ4n) is 3.81. The van der Waals surface area contributed by atoms with Gasteiger partial charge in [-0.3, -0.25) is 9.36 Å². The number of pyridine rings is 1. The van der Waals surface area contributed by atoms with E-state index in [1.807, 2.05) is 50.1 Å². The third-order valence-electron chi connectivity index (χ3n) is 5.36. The first-order valence-corrected chi connectivity index (χ1v) is 10.2. The van der Waals surface area contributed by atoms with Crippen LogP contribution in [0.3, 0.4) is 0 Å². The number of aliphatic imine (C=N–C) groups is 1. The van der Waals surface area contributed by atoms with Crippen LogP contribution in [0, 0.1) is 5.41 Å². The molecule has 0 atom stereocenters. The van der Waals surface area contributed by atoms with Gasteiger partial charge in [-0.1, -0.05) is 18.9 Å². The van der Waals surface area contributed by atoms with Gasteiger partial charge in [-0.25, -0.2) is 15.0 Å². The van der Waals surface area contributed by atoms with Crippen molar-refractivity contribution in [1.82, 2.24) is 30.1 Å². The molecular weight excluding hydrogens is 366 g/mol. The number of hydrogen-bond acceptors (Lipinski definition) is 4. The van der Waals surface area contributed by atoms with Gasteiger partial charge in [0.25, 0.3) is 0 Å². The zero-order valence-corrected chi connectivity index (χ0v) is 17.6. The molecule has 29 heavy (non-hydrogen) atoms. The maximum Gasteiger partial charge on any atom is 0.230 e. The fourth-order valence-corrected chi connectivity index (χ4v) is 3.81. The number of nitrogens with zero attached hydrogens (tertiary/aromatic N) is 5. The third-order valence-corrected chi connectivity index (χ3v) is 5.36. The Morgan fingerprint density at radius 1 is 1.28 bits per heavy atom. The lowest BCUT2D eigenvalue weighted by atomic mass is 9.84. The van der Waals surface area contributed by atoms with Crippen LogP contribution in [-0.4, -0.2) is 58.5 Å². The van der Waals surface area contributed by atoms with Crippen molar-refractivity contribution in [3.8, 4) is 5.82 Å². The van der Waals surface area contributed by atoms with Gasteiger partial charge >= 0.3 is 0 Å². The Labute approximate surface area is 172 Å². The summed E-state index contributed by atoms with van der Waals surface area (Å²) < 4.78 is 1.86. The highest BCUT2D eigenvalue weighted by Gasteiger charge is 2.42. The maximum atomic E-state index is 12.8. The highest BCUT2D eigenvalue weighted by Crippen LogP contribution is 2.38. The molecule has 0 bridgehead atoms. The summed E-state index contributed by atoms with van der Waals surface area (Å²) in [6.07, 6.45) is 11.2. The van der Waals surface area contributed by atoms with Gasteiger partial charge in [-0.05, 0) is 31.4 Å². The Morgan fingerprint density at radius 3 is 2.66 bits per heavy atom. The van der Waals surface area contributed by atoms with Crippen LogP contribution >= 0.6 is 0 Å². The summed E-state index contributed by atoms with van der Waals surface area (Å²) in [5, 5.41) is 6.68. The van der Waals surface area contributed by atoms with E-state index in [2.05, 4.69) is 25.6 Å². The largest absolute Gasteiger partial charge is 0.357 e. The number of imidazole rings is 1. The van der Waals surface area contributed by atoms with E-state index in [0.29, 0.717) is 13.1 Å². The van der Waals surface area contributed by atoms with Crippen LogP contribution in [0.2, 0.25) is 0 Å². The van der Waals surface area contributed by atoms with E-state index >= 15 is 0 Å². The highest BCUT2D eigenvalue weighted by molar-refractivity contribution is 5.85. The summed E-state index contributed by atoms with van der Waals surface area (Å²) in [6.45, 7) is 3.92. The Balaban J connectivity index is 1.64. The fraction of sp³-hybridized carbons (Fsp3) is 0.524. The second kappa shape index (κ2) is 9.54. The molecule has 8 heteroatoms. The first kappa shape index (κ1) is 20.8. The average Bonchev–Trinajstić information content (AvgIpc) is 3.43. The zero-order chi connectivity index (χ0) is 20.7. The summed E-state index contributed by atoms with van der Waals surface area (Å²) in [5.74, 6) is 1.76. The van der Waals surface area contributed by atoms with Crippen molar-refractivity contribution in [2.75, 3.05) is 27.2 Å². The number of nitrogens with one attached hydrogen (secondary N) is 2. The molecule has 0 unspecified atom stereocenters. The van der Waals surface area contributed by atoms with Crippen molar-refractivity contribution in [1.29, 1.82) is 0 Å².